The maximum atomic E-state index is 12.1. The Balaban J connectivity index is 1.57. The first kappa shape index (κ1) is 19.8. The van der Waals surface area contributed by atoms with Crippen LogP contribution in [0.5, 0.6) is 11.5 Å². The normalized spacial score (nSPS) is 12.7. The standard InChI is InChI=1S/C21H21ClN2O4/c1-24(2)21(26)16-6-3-14(4-7-16)13-23-19(25)8-5-15-11-17(22)20-18(12-15)27-9-10-28-20/h3-8,11-12H,9-10,13H2,1-2H3,(H,23,25)/b8-5+. The zero-order chi connectivity index (χ0) is 20.1. The molecule has 0 aromatic heterocycles. The second-order valence-corrected chi connectivity index (χ2v) is 6.88. The third kappa shape index (κ3) is 4.84. The van der Waals surface area contributed by atoms with Crippen molar-refractivity contribution < 1.29 is 19.1 Å². The van der Waals surface area contributed by atoms with Crippen LogP contribution in [0.25, 0.3) is 6.08 Å². The van der Waals surface area contributed by atoms with Crippen LogP contribution in [-0.4, -0.2) is 44.0 Å². The summed E-state index contributed by atoms with van der Waals surface area (Å²) < 4.78 is 11.0. The molecule has 1 aliphatic heterocycles. The molecule has 0 atom stereocenters. The van der Waals surface area contributed by atoms with E-state index in [1.807, 2.05) is 12.1 Å². The van der Waals surface area contributed by atoms with Gasteiger partial charge in [-0.25, -0.2) is 0 Å². The second kappa shape index (κ2) is 8.80. The van der Waals surface area contributed by atoms with Crippen molar-refractivity contribution in [2.24, 2.45) is 0 Å². The highest BCUT2D eigenvalue weighted by Gasteiger charge is 2.16. The van der Waals surface area contributed by atoms with Gasteiger partial charge in [-0.15, -0.1) is 0 Å². The molecule has 3 rings (SSSR count). The maximum absolute atomic E-state index is 12.1. The van der Waals surface area contributed by atoms with Crippen molar-refractivity contribution in [3.8, 4) is 11.5 Å². The smallest absolute Gasteiger partial charge is 0.253 e. The van der Waals surface area contributed by atoms with E-state index < -0.39 is 0 Å². The Kier molecular flexibility index (Phi) is 6.21. The number of ether oxygens (including phenoxy) is 2. The molecule has 2 aromatic carbocycles. The number of benzene rings is 2. The molecule has 146 valence electrons. The Morgan fingerprint density at radius 2 is 1.86 bits per heavy atom. The van der Waals surface area contributed by atoms with E-state index in [-0.39, 0.29) is 11.8 Å². The number of nitrogens with one attached hydrogen (secondary N) is 1. The van der Waals surface area contributed by atoms with Crippen LogP contribution >= 0.6 is 11.6 Å². The summed E-state index contributed by atoms with van der Waals surface area (Å²) in [4.78, 5) is 25.5. The van der Waals surface area contributed by atoms with E-state index in [9.17, 15) is 9.59 Å². The van der Waals surface area contributed by atoms with Gasteiger partial charge in [0.15, 0.2) is 11.5 Å². The summed E-state index contributed by atoms with van der Waals surface area (Å²) >= 11 is 6.19. The first-order valence-corrected chi connectivity index (χ1v) is 9.17. The molecule has 7 heteroatoms. The Morgan fingerprint density at radius 1 is 1.14 bits per heavy atom. The van der Waals surface area contributed by atoms with Crippen molar-refractivity contribution in [2.45, 2.75) is 6.54 Å². The Bertz CT molecular complexity index is 907. The monoisotopic (exact) mass is 400 g/mol. The van der Waals surface area contributed by atoms with E-state index in [1.54, 1.807) is 44.4 Å². The average molecular weight is 401 g/mol. The summed E-state index contributed by atoms with van der Waals surface area (Å²) in [5, 5.41) is 3.26. The second-order valence-electron chi connectivity index (χ2n) is 6.47. The summed E-state index contributed by atoms with van der Waals surface area (Å²) in [6.07, 6.45) is 3.10. The predicted molar refractivity (Wildman–Crippen MR) is 108 cm³/mol. The number of carbonyl (C=O) groups is 2. The van der Waals surface area contributed by atoms with Gasteiger partial charge >= 0.3 is 0 Å². The molecule has 1 aliphatic rings. The summed E-state index contributed by atoms with van der Waals surface area (Å²) in [6, 6.07) is 10.6. The topological polar surface area (TPSA) is 67.9 Å². The van der Waals surface area contributed by atoms with Crippen LogP contribution < -0.4 is 14.8 Å². The Hall–Kier alpha value is -2.99. The maximum Gasteiger partial charge on any atom is 0.253 e. The lowest BCUT2D eigenvalue weighted by molar-refractivity contribution is -0.116. The van der Waals surface area contributed by atoms with E-state index >= 15 is 0 Å². The van der Waals surface area contributed by atoms with Crippen LogP contribution in [-0.2, 0) is 11.3 Å². The molecular formula is C21H21ClN2O4. The van der Waals surface area contributed by atoms with E-state index in [4.69, 9.17) is 21.1 Å². The van der Waals surface area contributed by atoms with Crippen LogP contribution in [0.2, 0.25) is 5.02 Å². The van der Waals surface area contributed by atoms with Crippen LogP contribution in [0.3, 0.4) is 0 Å². The molecule has 6 nitrogen and oxygen atoms in total. The van der Waals surface area contributed by atoms with Gasteiger partial charge in [-0.2, -0.15) is 0 Å². The van der Waals surface area contributed by atoms with Crippen LogP contribution in [0.1, 0.15) is 21.5 Å². The Labute approximate surface area is 168 Å². The molecule has 0 unspecified atom stereocenters. The molecule has 1 N–H and O–H groups in total. The van der Waals surface area contributed by atoms with E-state index in [0.717, 1.165) is 11.1 Å². The molecule has 0 saturated carbocycles. The lowest BCUT2D eigenvalue weighted by Crippen LogP contribution is -2.22. The zero-order valence-electron chi connectivity index (χ0n) is 15.7. The number of amides is 2. The van der Waals surface area contributed by atoms with Crippen molar-refractivity contribution in [1.29, 1.82) is 0 Å². The lowest BCUT2D eigenvalue weighted by atomic mass is 10.1. The first-order valence-electron chi connectivity index (χ1n) is 8.79. The molecule has 2 amide bonds. The van der Waals surface area contributed by atoms with Gasteiger partial charge in [0.1, 0.15) is 13.2 Å². The lowest BCUT2D eigenvalue weighted by Gasteiger charge is -2.19. The molecule has 1 heterocycles. The third-order valence-corrected chi connectivity index (χ3v) is 4.40. The fourth-order valence-electron chi connectivity index (χ4n) is 2.67. The van der Waals surface area contributed by atoms with Crippen LogP contribution in [0.15, 0.2) is 42.5 Å². The van der Waals surface area contributed by atoms with Gasteiger partial charge in [0.2, 0.25) is 5.91 Å². The van der Waals surface area contributed by atoms with Gasteiger partial charge in [0.25, 0.3) is 5.91 Å². The molecule has 0 bridgehead atoms. The predicted octanol–water partition coefficient (Wildman–Crippen LogP) is 3.14. The van der Waals surface area contributed by atoms with Crippen molar-refractivity contribution in [2.75, 3.05) is 27.3 Å². The van der Waals surface area contributed by atoms with Gasteiger partial charge in [-0.05, 0) is 41.5 Å². The molecule has 0 aliphatic carbocycles. The zero-order valence-corrected chi connectivity index (χ0v) is 16.5. The highest BCUT2D eigenvalue weighted by atomic mass is 35.5. The number of nitrogens with zero attached hydrogens (tertiary/aromatic N) is 1. The van der Waals surface area contributed by atoms with Gasteiger partial charge in [0, 0.05) is 32.3 Å². The largest absolute Gasteiger partial charge is 0.486 e. The summed E-state index contributed by atoms with van der Waals surface area (Å²) in [7, 11) is 3.41. The van der Waals surface area contributed by atoms with Crippen molar-refractivity contribution in [3.05, 3.63) is 64.2 Å². The first-order chi connectivity index (χ1) is 13.4. The van der Waals surface area contributed by atoms with Crippen LogP contribution in [0, 0.1) is 0 Å². The number of hydrogen-bond acceptors (Lipinski definition) is 4. The van der Waals surface area contributed by atoms with Gasteiger partial charge < -0.3 is 19.7 Å². The fourth-order valence-corrected chi connectivity index (χ4v) is 2.94. The minimum Gasteiger partial charge on any atom is -0.486 e. The number of hydrogen-bond donors (Lipinski definition) is 1. The summed E-state index contributed by atoms with van der Waals surface area (Å²) in [6.45, 7) is 1.30. The highest BCUT2D eigenvalue weighted by molar-refractivity contribution is 6.32. The fraction of sp³-hybridized carbons (Fsp3) is 0.238. The summed E-state index contributed by atoms with van der Waals surface area (Å²) in [5.74, 6) is 0.813. The van der Waals surface area contributed by atoms with Crippen LogP contribution in [0.4, 0.5) is 0 Å². The molecule has 2 aromatic rings. The third-order valence-electron chi connectivity index (χ3n) is 4.12. The van der Waals surface area contributed by atoms with Crippen molar-refractivity contribution >= 4 is 29.5 Å². The molecule has 0 radical (unpaired) electrons. The van der Waals surface area contributed by atoms with Crippen molar-refractivity contribution in [3.63, 3.8) is 0 Å². The van der Waals surface area contributed by atoms with Crippen molar-refractivity contribution in [1.82, 2.24) is 10.2 Å². The SMILES string of the molecule is CN(C)C(=O)c1ccc(CNC(=O)/C=C/c2cc(Cl)c3c(c2)OCCO3)cc1. The average Bonchev–Trinajstić information content (AvgIpc) is 2.70. The van der Waals surface area contributed by atoms with E-state index in [1.165, 1.54) is 11.0 Å². The minimum absolute atomic E-state index is 0.0587. The van der Waals surface area contributed by atoms with E-state index in [2.05, 4.69) is 5.32 Å². The molecular weight excluding hydrogens is 380 g/mol. The van der Waals surface area contributed by atoms with Gasteiger partial charge in [-0.3, -0.25) is 9.59 Å². The quantitative estimate of drug-likeness (QED) is 0.783. The number of fused-ring (bicyclic) bond motifs is 1. The van der Waals surface area contributed by atoms with E-state index in [0.29, 0.717) is 41.8 Å². The number of carbonyl (C=O) groups excluding carboxylic acids is 2. The van der Waals surface area contributed by atoms with Gasteiger partial charge in [-0.1, -0.05) is 23.7 Å². The minimum atomic E-state index is -0.237. The highest BCUT2D eigenvalue weighted by Crippen LogP contribution is 2.38. The Morgan fingerprint density at radius 3 is 2.57 bits per heavy atom. The molecule has 0 saturated heterocycles. The molecule has 28 heavy (non-hydrogen) atoms. The molecule has 0 spiro atoms. The molecule has 0 fully saturated rings. The van der Waals surface area contributed by atoms with Gasteiger partial charge in [0.05, 0.1) is 5.02 Å². The number of rotatable bonds is 5. The number of halogens is 1. The summed E-state index contributed by atoms with van der Waals surface area (Å²) in [5.41, 5.74) is 2.26.